The molecule has 0 bridgehead atoms. The Hall–Kier alpha value is -2.37. The Bertz CT molecular complexity index is 493. The van der Waals surface area contributed by atoms with Gasteiger partial charge in [0.25, 0.3) is 5.91 Å². The summed E-state index contributed by atoms with van der Waals surface area (Å²) < 4.78 is 5.32. The molecule has 0 radical (unpaired) electrons. The van der Waals surface area contributed by atoms with E-state index in [0.29, 0.717) is 11.4 Å². The zero-order valence-electron chi connectivity index (χ0n) is 12.2. The quantitative estimate of drug-likeness (QED) is 0.714. The van der Waals surface area contributed by atoms with E-state index in [9.17, 15) is 9.59 Å². The normalized spacial score (nSPS) is 10.8. The van der Waals surface area contributed by atoms with Crippen LogP contribution in [-0.2, 0) is 9.59 Å². The van der Waals surface area contributed by atoms with Gasteiger partial charge in [0.05, 0.1) is 11.9 Å². The van der Waals surface area contributed by atoms with Gasteiger partial charge in [0, 0.05) is 12.1 Å². The van der Waals surface area contributed by atoms with Gasteiger partial charge >= 0.3 is 5.97 Å². The van der Waals surface area contributed by atoms with E-state index in [1.165, 1.54) is 12.3 Å². The predicted octanol–water partition coefficient (Wildman–Crippen LogP) is 1.86. The molecule has 6 nitrogen and oxygen atoms in total. The molecule has 0 aromatic carbocycles. The van der Waals surface area contributed by atoms with Gasteiger partial charge in [0.15, 0.2) is 6.61 Å². The van der Waals surface area contributed by atoms with E-state index in [1.807, 2.05) is 13.8 Å². The van der Waals surface area contributed by atoms with Crippen LogP contribution in [0.3, 0.4) is 0 Å². The molecule has 0 saturated carbocycles. The highest BCUT2D eigenvalue weighted by Crippen LogP contribution is 2.10. The van der Waals surface area contributed by atoms with E-state index in [1.54, 1.807) is 12.1 Å². The molecule has 21 heavy (non-hydrogen) atoms. The molecule has 1 amide bonds. The highest BCUT2D eigenvalue weighted by molar-refractivity contribution is 5.84. The number of aromatic nitrogens is 1. The SMILES string of the molecule is CCC(CC)NC(=O)COc1ccc(C=CC(=O)O)nc1. The summed E-state index contributed by atoms with van der Waals surface area (Å²) in [5, 5.41) is 11.4. The van der Waals surface area contributed by atoms with Crippen LogP contribution in [0, 0.1) is 0 Å². The third-order valence-corrected chi connectivity index (χ3v) is 2.88. The van der Waals surface area contributed by atoms with Crippen molar-refractivity contribution in [1.29, 1.82) is 0 Å². The zero-order valence-corrected chi connectivity index (χ0v) is 12.2. The Kier molecular flexibility index (Phi) is 6.94. The molecule has 0 aliphatic carbocycles. The molecule has 0 saturated heterocycles. The van der Waals surface area contributed by atoms with E-state index in [4.69, 9.17) is 9.84 Å². The minimum Gasteiger partial charge on any atom is -0.482 e. The average Bonchev–Trinajstić information content (AvgIpc) is 2.49. The zero-order chi connectivity index (χ0) is 15.7. The maximum absolute atomic E-state index is 11.7. The number of hydrogen-bond donors (Lipinski definition) is 2. The van der Waals surface area contributed by atoms with Crippen molar-refractivity contribution in [2.24, 2.45) is 0 Å². The fraction of sp³-hybridized carbons (Fsp3) is 0.400. The van der Waals surface area contributed by atoms with Gasteiger partial charge in [-0.15, -0.1) is 0 Å². The number of pyridine rings is 1. The molecule has 0 spiro atoms. The highest BCUT2D eigenvalue weighted by Gasteiger charge is 2.08. The molecule has 114 valence electrons. The molecule has 2 N–H and O–H groups in total. The van der Waals surface area contributed by atoms with Crippen LogP contribution in [0.15, 0.2) is 24.4 Å². The lowest BCUT2D eigenvalue weighted by Crippen LogP contribution is -2.37. The summed E-state index contributed by atoms with van der Waals surface area (Å²) >= 11 is 0. The first kappa shape index (κ1) is 16.7. The molecule has 6 heteroatoms. The van der Waals surface area contributed by atoms with E-state index >= 15 is 0 Å². The molecule has 1 aromatic heterocycles. The number of nitrogens with one attached hydrogen (secondary N) is 1. The van der Waals surface area contributed by atoms with E-state index < -0.39 is 5.97 Å². The third kappa shape index (κ3) is 6.56. The summed E-state index contributed by atoms with van der Waals surface area (Å²) in [4.78, 5) is 26.0. The summed E-state index contributed by atoms with van der Waals surface area (Å²) in [6, 6.07) is 3.43. The number of nitrogens with zero attached hydrogens (tertiary/aromatic N) is 1. The first-order valence-electron chi connectivity index (χ1n) is 6.84. The first-order chi connectivity index (χ1) is 10.0. The monoisotopic (exact) mass is 292 g/mol. The molecule has 0 aliphatic rings. The Labute approximate surface area is 123 Å². The summed E-state index contributed by atoms with van der Waals surface area (Å²) in [7, 11) is 0. The van der Waals surface area contributed by atoms with Crippen molar-refractivity contribution in [3.8, 4) is 5.75 Å². The maximum atomic E-state index is 11.7. The number of rotatable bonds is 8. The fourth-order valence-corrected chi connectivity index (χ4v) is 1.64. The predicted molar refractivity (Wildman–Crippen MR) is 78.9 cm³/mol. The number of carbonyl (C=O) groups excluding carboxylic acids is 1. The first-order valence-corrected chi connectivity index (χ1v) is 6.84. The van der Waals surface area contributed by atoms with Crippen LogP contribution in [0.2, 0.25) is 0 Å². The summed E-state index contributed by atoms with van der Waals surface area (Å²) in [5.74, 6) is -0.740. The number of amides is 1. The van der Waals surface area contributed by atoms with Gasteiger partial charge in [-0.2, -0.15) is 0 Å². The van der Waals surface area contributed by atoms with E-state index in [-0.39, 0.29) is 18.6 Å². The van der Waals surface area contributed by atoms with Crippen molar-refractivity contribution in [3.63, 3.8) is 0 Å². The number of ether oxygens (including phenoxy) is 1. The van der Waals surface area contributed by atoms with Gasteiger partial charge in [-0.25, -0.2) is 4.79 Å². The van der Waals surface area contributed by atoms with Crippen molar-refractivity contribution in [3.05, 3.63) is 30.1 Å². The van der Waals surface area contributed by atoms with Crippen molar-refractivity contribution in [1.82, 2.24) is 10.3 Å². The van der Waals surface area contributed by atoms with Crippen molar-refractivity contribution < 1.29 is 19.4 Å². The molecule has 1 rings (SSSR count). The largest absolute Gasteiger partial charge is 0.482 e. The standard InChI is InChI=1S/C15H20N2O4/c1-3-11(4-2)17-14(18)10-21-13-7-5-12(16-9-13)6-8-15(19)20/h5-9,11H,3-4,10H2,1-2H3,(H,17,18)(H,19,20). The fourth-order valence-electron chi connectivity index (χ4n) is 1.64. The van der Waals surface area contributed by atoms with Crippen molar-refractivity contribution in [2.45, 2.75) is 32.7 Å². The van der Waals surface area contributed by atoms with Gasteiger partial charge < -0.3 is 15.2 Å². The van der Waals surface area contributed by atoms with Crippen LogP contribution < -0.4 is 10.1 Å². The number of carboxylic acids is 1. The van der Waals surface area contributed by atoms with Gasteiger partial charge in [-0.3, -0.25) is 9.78 Å². The lowest BCUT2D eigenvalue weighted by atomic mass is 10.2. The topological polar surface area (TPSA) is 88.5 Å². The van der Waals surface area contributed by atoms with E-state index in [2.05, 4.69) is 10.3 Å². The Balaban J connectivity index is 2.45. The Morgan fingerprint density at radius 3 is 2.62 bits per heavy atom. The van der Waals surface area contributed by atoms with Gasteiger partial charge in [-0.1, -0.05) is 13.8 Å². The van der Waals surface area contributed by atoms with Crippen LogP contribution in [-0.4, -0.2) is 34.6 Å². The second-order valence-corrected chi connectivity index (χ2v) is 4.46. The van der Waals surface area contributed by atoms with Gasteiger partial charge in [-0.05, 0) is 31.1 Å². The number of carbonyl (C=O) groups is 2. The van der Waals surface area contributed by atoms with Crippen molar-refractivity contribution >= 4 is 18.0 Å². The summed E-state index contributed by atoms with van der Waals surface area (Å²) in [5.41, 5.74) is 0.506. The number of carboxylic acid groups (broad SMARTS) is 1. The number of aliphatic carboxylic acids is 1. The summed E-state index contributed by atoms with van der Waals surface area (Å²) in [6.07, 6.45) is 5.60. The molecule has 1 heterocycles. The van der Waals surface area contributed by atoms with Crippen LogP contribution in [0.4, 0.5) is 0 Å². The molecule has 1 aromatic rings. The molecule has 0 aliphatic heterocycles. The Morgan fingerprint density at radius 2 is 2.10 bits per heavy atom. The summed E-state index contributed by atoms with van der Waals surface area (Å²) in [6.45, 7) is 3.97. The molecular formula is C15H20N2O4. The lowest BCUT2D eigenvalue weighted by Gasteiger charge is -2.14. The minimum atomic E-state index is -1.03. The lowest BCUT2D eigenvalue weighted by molar-refractivity contribution is -0.131. The molecular weight excluding hydrogens is 272 g/mol. The molecule has 0 fully saturated rings. The van der Waals surface area contributed by atoms with Gasteiger partial charge in [0.1, 0.15) is 5.75 Å². The van der Waals surface area contributed by atoms with Crippen LogP contribution >= 0.6 is 0 Å². The van der Waals surface area contributed by atoms with Crippen molar-refractivity contribution in [2.75, 3.05) is 6.61 Å². The Morgan fingerprint density at radius 1 is 1.38 bits per heavy atom. The van der Waals surface area contributed by atoms with Crippen LogP contribution in [0.25, 0.3) is 6.08 Å². The smallest absolute Gasteiger partial charge is 0.328 e. The number of hydrogen-bond acceptors (Lipinski definition) is 4. The highest BCUT2D eigenvalue weighted by atomic mass is 16.5. The van der Waals surface area contributed by atoms with Crippen LogP contribution in [0.1, 0.15) is 32.4 Å². The van der Waals surface area contributed by atoms with Gasteiger partial charge in [0.2, 0.25) is 0 Å². The third-order valence-electron chi connectivity index (χ3n) is 2.88. The maximum Gasteiger partial charge on any atom is 0.328 e. The second kappa shape index (κ2) is 8.73. The minimum absolute atomic E-state index is 0.0670. The molecule has 0 atom stereocenters. The molecule has 0 unspecified atom stereocenters. The van der Waals surface area contributed by atoms with Crippen LogP contribution in [0.5, 0.6) is 5.75 Å². The second-order valence-electron chi connectivity index (χ2n) is 4.46. The average molecular weight is 292 g/mol. The van der Waals surface area contributed by atoms with E-state index in [0.717, 1.165) is 18.9 Å².